The summed E-state index contributed by atoms with van der Waals surface area (Å²) in [6.45, 7) is 2.44. The SMILES string of the molecule is Cc1cc(C#N)ccc1C=CCCN=[N+]=[N-]. The van der Waals surface area contributed by atoms with Crippen LogP contribution in [-0.4, -0.2) is 6.54 Å². The fourth-order valence-electron chi connectivity index (χ4n) is 1.32. The van der Waals surface area contributed by atoms with Gasteiger partial charge in [0.2, 0.25) is 0 Å². The first-order chi connectivity index (χ1) is 7.77. The zero-order valence-electron chi connectivity index (χ0n) is 9.09. The number of aryl methyl sites for hydroxylation is 1. The highest BCUT2D eigenvalue weighted by Crippen LogP contribution is 2.12. The predicted molar refractivity (Wildman–Crippen MR) is 63.6 cm³/mol. The molecule has 0 N–H and O–H groups in total. The Hall–Kier alpha value is -2.24. The lowest BCUT2D eigenvalue weighted by Crippen LogP contribution is -1.83. The number of hydrogen-bond acceptors (Lipinski definition) is 2. The van der Waals surface area contributed by atoms with Crippen LogP contribution in [-0.2, 0) is 0 Å². The third-order valence-corrected chi connectivity index (χ3v) is 2.16. The number of hydrogen-bond donors (Lipinski definition) is 0. The quantitative estimate of drug-likeness (QED) is 0.325. The molecule has 0 aromatic heterocycles. The van der Waals surface area contributed by atoms with E-state index in [1.54, 1.807) is 6.07 Å². The van der Waals surface area contributed by atoms with Gasteiger partial charge in [0.1, 0.15) is 0 Å². The first kappa shape index (κ1) is 11.8. The van der Waals surface area contributed by atoms with Crippen LogP contribution >= 0.6 is 0 Å². The Morgan fingerprint density at radius 1 is 1.56 bits per heavy atom. The molecule has 0 amide bonds. The van der Waals surface area contributed by atoms with Crippen LogP contribution in [0.2, 0.25) is 0 Å². The van der Waals surface area contributed by atoms with Crippen LogP contribution in [0.4, 0.5) is 0 Å². The van der Waals surface area contributed by atoms with Crippen LogP contribution in [0.5, 0.6) is 0 Å². The zero-order valence-corrected chi connectivity index (χ0v) is 9.09. The Kier molecular flexibility index (Phi) is 4.65. The summed E-state index contributed by atoms with van der Waals surface area (Å²) in [4.78, 5) is 2.68. The van der Waals surface area contributed by atoms with Gasteiger partial charge in [0, 0.05) is 11.5 Å². The Morgan fingerprint density at radius 3 is 3.00 bits per heavy atom. The van der Waals surface area contributed by atoms with Crippen LogP contribution in [0.3, 0.4) is 0 Å². The zero-order chi connectivity index (χ0) is 11.8. The van der Waals surface area contributed by atoms with Crippen molar-refractivity contribution in [3.8, 4) is 6.07 Å². The lowest BCUT2D eigenvalue weighted by molar-refractivity contribution is 0.995. The van der Waals surface area contributed by atoms with Crippen molar-refractivity contribution in [1.29, 1.82) is 5.26 Å². The van der Waals surface area contributed by atoms with Crippen molar-refractivity contribution in [2.45, 2.75) is 13.3 Å². The van der Waals surface area contributed by atoms with Crippen molar-refractivity contribution in [3.05, 3.63) is 51.4 Å². The van der Waals surface area contributed by atoms with E-state index in [4.69, 9.17) is 10.8 Å². The third kappa shape index (κ3) is 3.49. The molecule has 1 rings (SSSR count). The summed E-state index contributed by atoms with van der Waals surface area (Å²) < 4.78 is 0. The van der Waals surface area contributed by atoms with Crippen LogP contribution in [0, 0.1) is 18.3 Å². The molecule has 1 aromatic carbocycles. The first-order valence-corrected chi connectivity index (χ1v) is 4.96. The Labute approximate surface area is 94.5 Å². The third-order valence-electron chi connectivity index (χ3n) is 2.16. The summed E-state index contributed by atoms with van der Waals surface area (Å²) in [6.07, 6.45) is 4.66. The molecule has 0 saturated heterocycles. The summed E-state index contributed by atoms with van der Waals surface area (Å²) in [5.41, 5.74) is 10.9. The summed E-state index contributed by atoms with van der Waals surface area (Å²) >= 11 is 0. The highest BCUT2D eigenvalue weighted by molar-refractivity contribution is 5.55. The molecule has 80 valence electrons. The molecule has 0 saturated carbocycles. The molecule has 0 spiro atoms. The lowest BCUT2D eigenvalue weighted by Gasteiger charge is -1.99. The Morgan fingerprint density at radius 2 is 2.38 bits per heavy atom. The highest BCUT2D eigenvalue weighted by atomic mass is 15.1. The number of nitrogens with zero attached hydrogens (tertiary/aromatic N) is 4. The second-order valence-corrected chi connectivity index (χ2v) is 3.33. The lowest BCUT2D eigenvalue weighted by atomic mass is 10.1. The molecule has 0 aliphatic carbocycles. The van der Waals surface area contributed by atoms with Gasteiger partial charge in [-0.1, -0.05) is 23.3 Å². The van der Waals surface area contributed by atoms with Gasteiger partial charge in [-0.15, -0.1) is 0 Å². The molecule has 0 heterocycles. The van der Waals surface area contributed by atoms with E-state index in [0.717, 1.165) is 17.5 Å². The maximum atomic E-state index is 8.71. The Bertz CT molecular complexity index is 476. The predicted octanol–water partition coefficient (Wildman–Crippen LogP) is 3.58. The average Bonchev–Trinajstić information content (AvgIpc) is 2.30. The molecule has 0 aliphatic rings. The summed E-state index contributed by atoms with van der Waals surface area (Å²) in [6, 6.07) is 7.66. The van der Waals surface area contributed by atoms with E-state index in [-0.39, 0.29) is 0 Å². The van der Waals surface area contributed by atoms with Gasteiger partial charge in [-0.25, -0.2) is 0 Å². The van der Waals surface area contributed by atoms with E-state index in [9.17, 15) is 0 Å². The van der Waals surface area contributed by atoms with Gasteiger partial charge in [0.15, 0.2) is 0 Å². The molecular weight excluding hydrogens is 200 g/mol. The molecule has 1 aromatic rings. The van der Waals surface area contributed by atoms with Gasteiger partial charge in [0.05, 0.1) is 11.6 Å². The van der Waals surface area contributed by atoms with E-state index in [1.165, 1.54) is 0 Å². The van der Waals surface area contributed by atoms with E-state index >= 15 is 0 Å². The number of nitriles is 1. The molecule has 0 fully saturated rings. The van der Waals surface area contributed by atoms with Gasteiger partial charge >= 0.3 is 0 Å². The number of rotatable bonds is 4. The molecule has 0 bridgehead atoms. The molecule has 4 heteroatoms. The summed E-state index contributed by atoms with van der Waals surface area (Å²) in [5.74, 6) is 0. The number of benzene rings is 1. The maximum absolute atomic E-state index is 8.71. The van der Waals surface area contributed by atoms with Crippen LogP contribution in [0.25, 0.3) is 16.5 Å². The normalized spacial score (nSPS) is 9.75. The van der Waals surface area contributed by atoms with Gasteiger partial charge in [-0.05, 0) is 42.1 Å². The molecule has 0 radical (unpaired) electrons. The van der Waals surface area contributed by atoms with Crippen molar-refractivity contribution in [1.82, 2.24) is 0 Å². The molecule has 0 unspecified atom stereocenters. The fourth-order valence-corrected chi connectivity index (χ4v) is 1.32. The molecule has 16 heavy (non-hydrogen) atoms. The fraction of sp³-hybridized carbons (Fsp3) is 0.250. The minimum atomic E-state index is 0.475. The minimum absolute atomic E-state index is 0.475. The maximum Gasteiger partial charge on any atom is 0.0991 e. The average molecular weight is 212 g/mol. The van der Waals surface area contributed by atoms with E-state index in [1.807, 2.05) is 31.2 Å². The highest BCUT2D eigenvalue weighted by Gasteiger charge is 1.95. The van der Waals surface area contributed by atoms with E-state index in [2.05, 4.69) is 16.1 Å². The first-order valence-electron chi connectivity index (χ1n) is 4.96. The molecule has 0 aliphatic heterocycles. The van der Waals surface area contributed by atoms with Crippen molar-refractivity contribution in [2.24, 2.45) is 5.11 Å². The largest absolute Gasteiger partial charge is 0.192 e. The van der Waals surface area contributed by atoms with Gasteiger partial charge in [-0.2, -0.15) is 5.26 Å². The van der Waals surface area contributed by atoms with E-state index < -0.39 is 0 Å². The van der Waals surface area contributed by atoms with Crippen molar-refractivity contribution >= 4 is 6.08 Å². The number of azide groups is 1. The second kappa shape index (κ2) is 6.28. The van der Waals surface area contributed by atoms with Gasteiger partial charge in [-0.3, -0.25) is 0 Å². The van der Waals surface area contributed by atoms with Crippen LogP contribution in [0.15, 0.2) is 29.4 Å². The smallest absolute Gasteiger partial charge is 0.0991 e. The topological polar surface area (TPSA) is 72.5 Å². The van der Waals surface area contributed by atoms with Gasteiger partial charge < -0.3 is 0 Å². The molecular formula is C12H12N4. The van der Waals surface area contributed by atoms with Crippen molar-refractivity contribution in [3.63, 3.8) is 0 Å². The standard InChI is InChI=1S/C12H12N4/c1-10-8-11(9-13)5-6-12(10)4-2-3-7-15-16-14/h2,4-6,8H,3,7H2,1H3. The minimum Gasteiger partial charge on any atom is -0.192 e. The van der Waals surface area contributed by atoms with Crippen LogP contribution in [0.1, 0.15) is 23.1 Å². The molecule has 4 nitrogen and oxygen atoms in total. The van der Waals surface area contributed by atoms with Crippen molar-refractivity contribution in [2.75, 3.05) is 6.54 Å². The molecule has 0 atom stereocenters. The monoisotopic (exact) mass is 212 g/mol. The Balaban J connectivity index is 2.67. The summed E-state index contributed by atoms with van der Waals surface area (Å²) in [7, 11) is 0. The van der Waals surface area contributed by atoms with Crippen LogP contribution < -0.4 is 0 Å². The van der Waals surface area contributed by atoms with E-state index in [0.29, 0.717) is 12.1 Å². The second-order valence-electron chi connectivity index (χ2n) is 3.33. The van der Waals surface area contributed by atoms with Gasteiger partial charge in [0.25, 0.3) is 0 Å². The van der Waals surface area contributed by atoms with Crippen molar-refractivity contribution < 1.29 is 0 Å². The summed E-state index contributed by atoms with van der Waals surface area (Å²) in [5, 5.41) is 12.2.